The molecule has 1 fully saturated rings. The number of carbonyl (C=O) groups is 1. The third-order valence-electron chi connectivity index (χ3n) is 5.03. The van der Waals surface area contributed by atoms with Gasteiger partial charge in [0.25, 0.3) is 5.56 Å². The highest BCUT2D eigenvalue weighted by Crippen LogP contribution is 2.25. The van der Waals surface area contributed by atoms with E-state index >= 15 is 0 Å². The first-order valence-corrected chi connectivity index (χ1v) is 10.5. The summed E-state index contributed by atoms with van der Waals surface area (Å²) in [6, 6.07) is 7.39. The Morgan fingerprint density at radius 3 is 2.66 bits per heavy atom. The van der Waals surface area contributed by atoms with E-state index in [1.54, 1.807) is 12.1 Å². The summed E-state index contributed by atoms with van der Waals surface area (Å²) in [6.45, 7) is 1.56. The highest BCUT2D eigenvalue weighted by atomic mass is 32.1. The summed E-state index contributed by atoms with van der Waals surface area (Å²) in [5.41, 5.74) is -0.400. The zero-order valence-corrected chi connectivity index (χ0v) is 17.3. The van der Waals surface area contributed by atoms with Crippen LogP contribution in [0.4, 0.5) is 25.1 Å². The van der Waals surface area contributed by atoms with Gasteiger partial charge in [-0.05, 0) is 24.3 Å². The van der Waals surface area contributed by atoms with Crippen molar-refractivity contribution in [3.8, 4) is 10.8 Å². The number of piperazine rings is 1. The summed E-state index contributed by atoms with van der Waals surface area (Å²) in [4.78, 5) is 33.4. The number of aromatic nitrogens is 3. The number of anilines is 2. The second-order valence-corrected chi connectivity index (χ2v) is 8.02. The highest BCUT2D eigenvalue weighted by molar-refractivity contribution is 7.19. The van der Waals surface area contributed by atoms with Crippen molar-refractivity contribution < 1.29 is 18.0 Å². The lowest BCUT2D eigenvalue weighted by atomic mass is 10.3. The zero-order chi connectivity index (χ0) is 22.2. The Bertz CT molecular complexity index is 1350. The molecule has 0 radical (unpaired) electrons. The molecule has 9 nitrogen and oxygen atoms in total. The molecule has 0 atom stereocenters. The predicted molar refractivity (Wildman–Crippen MR) is 114 cm³/mol. The Labute approximate surface area is 183 Å². The summed E-state index contributed by atoms with van der Waals surface area (Å²) < 4.78 is 33.4. The van der Waals surface area contributed by atoms with Gasteiger partial charge in [0.15, 0.2) is 10.8 Å². The minimum absolute atomic E-state index is 0.0866. The number of amides is 2. The van der Waals surface area contributed by atoms with E-state index < -0.39 is 17.7 Å². The molecule has 1 saturated heterocycles. The van der Waals surface area contributed by atoms with Gasteiger partial charge in [0.1, 0.15) is 17.5 Å². The normalized spacial score (nSPS) is 14.2. The van der Waals surface area contributed by atoms with Crippen LogP contribution >= 0.6 is 11.3 Å². The molecule has 1 aliphatic rings. The molecule has 0 saturated carbocycles. The van der Waals surface area contributed by atoms with Gasteiger partial charge < -0.3 is 19.5 Å². The minimum Gasteiger partial charge on any atom is -0.462 e. The minimum atomic E-state index is -0.839. The molecule has 0 bridgehead atoms. The van der Waals surface area contributed by atoms with Crippen LogP contribution in [0, 0.1) is 11.6 Å². The standard InChI is InChI=1S/C20H16F2N6O3S/c21-12-3-4-14(13(22)10-12)23-19(30)27-7-5-26(6-8-27)16-11-17(29)28-20(24-16)32-18(25-28)15-2-1-9-31-15/h1-4,9-11H,5-8H2,(H,23,30). The summed E-state index contributed by atoms with van der Waals surface area (Å²) in [6.07, 6.45) is 1.53. The first-order valence-electron chi connectivity index (χ1n) is 9.69. The second-order valence-electron chi connectivity index (χ2n) is 7.06. The molecule has 3 aromatic heterocycles. The maximum atomic E-state index is 13.8. The quantitative estimate of drug-likeness (QED) is 0.507. The SMILES string of the molecule is O=C(Nc1ccc(F)cc1F)N1CCN(c2cc(=O)n3nc(-c4ccco4)sc3n2)CC1. The Kier molecular flexibility index (Phi) is 5.05. The molecule has 2 amide bonds. The summed E-state index contributed by atoms with van der Waals surface area (Å²) >= 11 is 1.24. The van der Waals surface area contributed by atoms with Crippen LogP contribution in [-0.4, -0.2) is 51.7 Å². The van der Waals surface area contributed by atoms with Crippen molar-refractivity contribution in [2.45, 2.75) is 0 Å². The number of benzene rings is 1. The van der Waals surface area contributed by atoms with Gasteiger partial charge >= 0.3 is 6.03 Å². The Morgan fingerprint density at radius 2 is 1.94 bits per heavy atom. The van der Waals surface area contributed by atoms with Crippen molar-refractivity contribution in [3.05, 3.63) is 64.6 Å². The van der Waals surface area contributed by atoms with E-state index in [-0.39, 0.29) is 11.2 Å². The molecular formula is C20H16F2N6O3S. The van der Waals surface area contributed by atoms with Crippen molar-refractivity contribution in [3.63, 3.8) is 0 Å². The molecule has 1 N–H and O–H groups in total. The summed E-state index contributed by atoms with van der Waals surface area (Å²) in [5.74, 6) is -0.506. The van der Waals surface area contributed by atoms with E-state index in [0.29, 0.717) is 53.8 Å². The fourth-order valence-electron chi connectivity index (χ4n) is 3.38. The number of urea groups is 1. The lowest BCUT2D eigenvalue weighted by molar-refractivity contribution is 0.208. The Morgan fingerprint density at radius 1 is 1.12 bits per heavy atom. The Balaban J connectivity index is 1.28. The number of nitrogens with zero attached hydrogens (tertiary/aromatic N) is 5. The largest absolute Gasteiger partial charge is 0.462 e. The highest BCUT2D eigenvalue weighted by Gasteiger charge is 2.24. The number of carbonyl (C=O) groups excluding carboxylic acids is 1. The van der Waals surface area contributed by atoms with Crippen LogP contribution in [0.5, 0.6) is 0 Å². The van der Waals surface area contributed by atoms with Crippen molar-refractivity contribution in [1.29, 1.82) is 0 Å². The summed E-state index contributed by atoms with van der Waals surface area (Å²) in [5, 5.41) is 7.26. The first kappa shape index (κ1) is 20.1. The molecule has 5 rings (SSSR count). The number of rotatable bonds is 3. The molecule has 1 aromatic carbocycles. The monoisotopic (exact) mass is 458 g/mol. The van der Waals surface area contributed by atoms with Crippen molar-refractivity contribution >= 4 is 33.8 Å². The first-order chi connectivity index (χ1) is 15.5. The van der Waals surface area contributed by atoms with Crippen LogP contribution in [-0.2, 0) is 0 Å². The van der Waals surface area contributed by atoms with Crippen LogP contribution < -0.4 is 15.8 Å². The van der Waals surface area contributed by atoms with Crippen LogP contribution in [0.2, 0.25) is 0 Å². The average molecular weight is 458 g/mol. The maximum absolute atomic E-state index is 13.8. The van der Waals surface area contributed by atoms with Crippen LogP contribution in [0.1, 0.15) is 0 Å². The average Bonchev–Trinajstić information content (AvgIpc) is 3.46. The van der Waals surface area contributed by atoms with Gasteiger partial charge in [-0.3, -0.25) is 4.79 Å². The molecule has 32 heavy (non-hydrogen) atoms. The van der Waals surface area contributed by atoms with Gasteiger partial charge in [-0.25, -0.2) is 18.6 Å². The zero-order valence-electron chi connectivity index (χ0n) is 16.5. The third kappa shape index (κ3) is 3.80. The number of furan rings is 1. The lowest BCUT2D eigenvalue weighted by Gasteiger charge is -2.35. The van der Waals surface area contributed by atoms with E-state index in [4.69, 9.17) is 4.42 Å². The fraction of sp³-hybridized carbons (Fsp3) is 0.200. The van der Waals surface area contributed by atoms with Crippen molar-refractivity contribution in [1.82, 2.24) is 19.5 Å². The Hall–Kier alpha value is -3.80. The van der Waals surface area contributed by atoms with Crippen molar-refractivity contribution in [2.24, 2.45) is 0 Å². The fourth-order valence-corrected chi connectivity index (χ4v) is 4.25. The van der Waals surface area contributed by atoms with Gasteiger partial charge in [0.2, 0.25) is 4.96 Å². The third-order valence-corrected chi connectivity index (χ3v) is 5.95. The molecule has 4 heterocycles. The van der Waals surface area contributed by atoms with E-state index in [1.807, 2.05) is 4.90 Å². The van der Waals surface area contributed by atoms with E-state index in [0.717, 1.165) is 6.07 Å². The van der Waals surface area contributed by atoms with Gasteiger partial charge in [-0.2, -0.15) is 4.52 Å². The van der Waals surface area contributed by atoms with Crippen LogP contribution in [0.25, 0.3) is 15.7 Å². The van der Waals surface area contributed by atoms with Crippen molar-refractivity contribution in [2.75, 3.05) is 36.4 Å². The van der Waals surface area contributed by atoms with E-state index in [2.05, 4.69) is 15.4 Å². The summed E-state index contributed by atoms with van der Waals surface area (Å²) in [7, 11) is 0. The second kappa shape index (κ2) is 8.04. The van der Waals surface area contributed by atoms with Gasteiger partial charge in [0.05, 0.1) is 12.0 Å². The molecule has 0 spiro atoms. The molecular weight excluding hydrogens is 442 g/mol. The topological polar surface area (TPSA) is 96.0 Å². The number of hydrogen-bond acceptors (Lipinski definition) is 7. The van der Waals surface area contributed by atoms with E-state index in [9.17, 15) is 18.4 Å². The number of halogens is 2. The smallest absolute Gasteiger partial charge is 0.322 e. The predicted octanol–water partition coefficient (Wildman–Crippen LogP) is 3.04. The molecule has 0 unspecified atom stereocenters. The maximum Gasteiger partial charge on any atom is 0.322 e. The van der Waals surface area contributed by atoms with Gasteiger partial charge in [-0.1, -0.05) is 11.3 Å². The van der Waals surface area contributed by atoms with Crippen LogP contribution in [0.15, 0.2) is 51.9 Å². The molecule has 12 heteroatoms. The van der Waals surface area contributed by atoms with E-state index in [1.165, 1.54) is 39.1 Å². The molecule has 0 aliphatic carbocycles. The van der Waals surface area contributed by atoms with Gasteiger partial charge in [0, 0.05) is 38.3 Å². The lowest BCUT2D eigenvalue weighted by Crippen LogP contribution is -2.50. The van der Waals surface area contributed by atoms with Gasteiger partial charge in [-0.15, -0.1) is 5.10 Å². The molecule has 4 aromatic rings. The van der Waals surface area contributed by atoms with Crippen LogP contribution in [0.3, 0.4) is 0 Å². The number of fused-ring (bicyclic) bond motifs is 1. The number of nitrogens with one attached hydrogen (secondary N) is 1. The molecule has 1 aliphatic heterocycles. The molecule has 164 valence electrons. The number of hydrogen-bond donors (Lipinski definition) is 1.